The molecular formula is C18H14O4. The van der Waals surface area contributed by atoms with Crippen molar-refractivity contribution in [2.45, 2.75) is 6.61 Å². The fourth-order valence-electron chi connectivity index (χ4n) is 2.92. The van der Waals surface area contributed by atoms with Gasteiger partial charge >= 0.3 is 0 Å². The number of phenols is 1. The Labute approximate surface area is 127 Å². The van der Waals surface area contributed by atoms with Gasteiger partial charge in [0.25, 0.3) is 0 Å². The maximum atomic E-state index is 10.3. The maximum absolute atomic E-state index is 10.3. The van der Waals surface area contributed by atoms with E-state index in [1.807, 2.05) is 42.5 Å². The van der Waals surface area contributed by atoms with Crippen molar-refractivity contribution in [3.8, 4) is 28.4 Å². The molecule has 22 heavy (non-hydrogen) atoms. The average molecular weight is 294 g/mol. The Bertz CT molecular complexity index is 870. The summed E-state index contributed by atoms with van der Waals surface area (Å²) in [6.45, 7) is -0.0795. The second-order valence-corrected chi connectivity index (χ2v) is 5.19. The van der Waals surface area contributed by atoms with Crippen molar-refractivity contribution in [3.05, 3.63) is 54.1 Å². The highest BCUT2D eigenvalue weighted by atomic mass is 16.7. The van der Waals surface area contributed by atoms with Crippen LogP contribution < -0.4 is 9.47 Å². The van der Waals surface area contributed by atoms with E-state index in [4.69, 9.17) is 9.47 Å². The van der Waals surface area contributed by atoms with Crippen LogP contribution in [0.1, 0.15) is 5.56 Å². The van der Waals surface area contributed by atoms with E-state index in [-0.39, 0.29) is 19.1 Å². The molecule has 110 valence electrons. The van der Waals surface area contributed by atoms with Crippen molar-refractivity contribution in [1.29, 1.82) is 0 Å². The summed E-state index contributed by atoms with van der Waals surface area (Å²) in [5.74, 6) is 1.52. The van der Waals surface area contributed by atoms with E-state index in [0.717, 1.165) is 27.6 Å². The van der Waals surface area contributed by atoms with Crippen LogP contribution in [0.4, 0.5) is 0 Å². The fraction of sp³-hybridized carbons (Fsp3) is 0.111. The first-order chi connectivity index (χ1) is 10.8. The molecule has 0 aromatic heterocycles. The molecule has 4 rings (SSSR count). The zero-order valence-electron chi connectivity index (χ0n) is 11.7. The van der Waals surface area contributed by atoms with Gasteiger partial charge in [-0.25, -0.2) is 0 Å². The smallest absolute Gasteiger partial charge is 0.230 e. The lowest BCUT2D eigenvalue weighted by Gasteiger charge is -2.21. The highest BCUT2D eigenvalue weighted by Crippen LogP contribution is 2.43. The number of ether oxygens (including phenoxy) is 2. The minimum Gasteiger partial charge on any atom is -0.508 e. The zero-order valence-corrected chi connectivity index (χ0v) is 11.7. The number of benzene rings is 3. The van der Waals surface area contributed by atoms with Crippen LogP contribution in [0, 0.1) is 0 Å². The molecule has 0 aliphatic carbocycles. The molecule has 2 bridgehead atoms. The number of aliphatic hydroxyl groups is 1. The molecular weight excluding hydrogens is 280 g/mol. The van der Waals surface area contributed by atoms with Crippen LogP contribution >= 0.6 is 0 Å². The number of aliphatic hydroxyl groups excluding tert-OH is 1. The topological polar surface area (TPSA) is 58.9 Å². The quantitative estimate of drug-likeness (QED) is 0.760. The van der Waals surface area contributed by atoms with E-state index in [0.29, 0.717) is 11.3 Å². The summed E-state index contributed by atoms with van der Waals surface area (Å²) in [6, 6.07) is 15.0. The molecule has 1 aliphatic rings. The summed E-state index contributed by atoms with van der Waals surface area (Å²) in [4.78, 5) is 0. The normalized spacial score (nSPS) is 12.8. The SMILES string of the molecule is OCc1c(O)cc2ccccc2c1-c1ccc2cc1OCO2. The van der Waals surface area contributed by atoms with E-state index in [2.05, 4.69) is 0 Å². The van der Waals surface area contributed by atoms with Gasteiger partial charge in [0.2, 0.25) is 6.79 Å². The van der Waals surface area contributed by atoms with Gasteiger partial charge in [0.15, 0.2) is 0 Å². The van der Waals surface area contributed by atoms with Gasteiger partial charge < -0.3 is 19.7 Å². The first-order valence-corrected chi connectivity index (χ1v) is 7.02. The molecule has 4 nitrogen and oxygen atoms in total. The summed E-state index contributed by atoms with van der Waals surface area (Å²) in [5.41, 5.74) is 2.13. The lowest BCUT2D eigenvalue weighted by atomic mass is 9.92. The van der Waals surface area contributed by atoms with Crippen molar-refractivity contribution < 1.29 is 19.7 Å². The van der Waals surface area contributed by atoms with Crippen LogP contribution in [0.5, 0.6) is 17.2 Å². The third-order valence-corrected chi connectivity index (χ3v) is 3.95. The van der Waals surface area contributed by atoms with Crippen LogP contribution in [0.25, 0.3) is 21.9 Å². The van der Waals surface area contributed by atoms with Crippen molar-refractivity contribution in [3.63, 3.8) is 0 Å². The molecule has 0 atom stereocenters. The van der Waals surface area contributed by atoms with E-state index in [1.54, 1.807) is 6.07 Å². The minimum atomic E-state index is -0.246. The molecule has 0 saturated heterocycles. The first-order valence-electron chi connectivity index (χ1n) is 7.02. The Kier molecular flexibility index (Phi) is 2.91. The number of rotatable bonds is 2. The average Bonchev–Trinajstić information content (AvgIpc) is 2.54. The van der Waals surface area contributed by atoms with Gasteiger partial charge in [0, 0.05) is 22.8 Å². The predicted molar refractivity (Wildman–Crippen MR) is 83.1 cm³/mol. The van der Waals surface area contributed by atoms with Gasteiger partial charge in [-0.15, -0.1) is 0 Å². The molecule has 3 aromatic rings. The molecule has 1 aliphatic heterocycles. The Hall–Kier alpha value is -2.72. The third-order valence-electron chi connectivity index (χ3n) is 3.95. The van der Waals surface area contributed by atoms with Crippen LogP contribution in [-0.2, 0) is 6.61 Å². The van der Waals surface area contributed by atoms with Crippen LogP contribution in [-0.4, -0.2) is 17.0 Å². The summed E-state index contributed by atoms with van der Waals surface area (Å²) < 4.78 is 10.9. The lowest BCUT2D eigenvalue weighted by Crippen LogP contribution is -2.11. The zero-order chi connectivity index (χ0) is 15.1. The van der Waals surface area contributed by atoms with Gasteiger partial charge in [-0.2, -0.15) is 0 Å². The standard InChI is InChI=1S/C18H14O4/c19-9-15-16(20)7-11-3-1-2-4-13(11)18(15)14-6-5-12-8-17(14)22-10-21-12/h1-8,19-20H,9-10H2. The molecule has 0 spiro atoms. The van der Waals surface area contributed by atoms with Crippen LogP contribution in [0.3, 0.4) is 0 Å². The molecule has 0 unspecified atom stereocenters. The number of fused-ring (bicyclic) bond motifs is 3. The highest BCUT2D eigenvalue weighted by molar-refractivity contribution is 6.01. The molecule has 3 aromatic carbocycles. The minimum absolute atomic E-state index is 0.0829. The maximum Gasteiger partial charge on any atom is 0.230 e. The molecule has 4 heteroatoms. The number of aromatic hydroxyl groups is 1. The second kappa shape index (κ2) is 4.93. The molecule has 0 amide bonds. The Morgan fingerprint density at radius 2 is 1.86 bits per heavy atom. The molecule has 2 N–H and O–H groups in total. The van der Waals surface area contributed by atoms with E-state index in [9.17, 15) is 10.2 Å². The third kappa shape index (κ3) is 1.89. The second-order valence-electron chi connectivity index (χ2n) is 5.19. The Morgan fingerprint density at radius 1 is 1.00 bits per heavy atom. The fourth-order valence-corrected chi connectivity index (χ4v) is 2.92. The molecule has 0 saturated carbocycles. The van der Waals surface area contributed by atoms with Crippen molar-refractivity contribution >= 4 is 10.8 Å². The number of hydrogen-bond acceptors (Lipinski definition) is 4. The van der Waals surface area contributed by atoms with E-state index in [1.165, 1.54) is 0 Å². The van der Waals surface area contributed by atoms with Crippen molar-refractivity contribution in [2.75, 3.05) is 6.79 Å². The summed E-state index contributed by atoms with van der Waals surface area (Å²) in [5, 5.41) is 21.9. The van der Waals surface area contributed by atoms with Crippen molar-refractivity contribution in [1.82, 2.24) is 0 Å². The summed E-state index contributed by atoms with van der Waals surface area (Å²) in [7, 11) is 0. The molecule has 0 radical (unpaired) electrons. The van der Waals surface area contributed by atoms with Gasteiger partial charge in [0.1, 0.15) is 17.2 Å². The largest absolute Gasteiger partial charge is 0.508 e. The van der Waals surface area contributed by atoms with E-state index >= 15 is 0 Å². The van der Waals surface area contributed by atoms with Crippen LogP contribution in [0.15, 0.2) is 48.5 Å². The first kappa shape index (κ1) is 13.0. The predicted octanol–water partition coefficient (Wildman–Crippen LogP) is 3.43. The van der Waals surface area contributed by atoms with Gasteiger partial charge in [-0.3, -0.25) is 0 Å². The van der Waals surface area contributed by atoms with E-state index < -0.39 is 0 Å². The molecule has 1 heterocycles. The Balaban J connectivity index is 2.09. The van der Waals surface area contributed by atoms with Crippen LogP contribution in [0.2, 0.25) is 0 Å². The van der Waals surface area contributed by atoms with Gasteiger partial charge in [-0.1, -0.05) is 24.3 Å². The lowest BCUT2D eigenvalue weighted by molar-refractivity contribution is 0.106. The van der Waals surface area contributed by atoms with Gasteiger partial charge in [0.05, 0.1) is 6.61 Å². The van der Waals surface area contributed by atoms with Gasteiger partial charge in [-0.05, 0) is 29.0 Å². The monoisotopic (exact) mass is 294 g/mol. The molecule has 0 fully saturated rings. The number of hydrogen-bond donors (Lipinski definition) is 2. The highest BCUT2D eigenvalue weighted by Gasteiger charge is 2.19. The Morgan fingerprint density at radius 3 is 2.73 bits per heavy atom. The summed E-state index contributed by atoms with van der Waals surface area (Å²) >= 11 is 0. The van der Waals surface area contributed by atoms with Crippen molar-refractivity contribution in [2.24, 2.45) is 0 Å². The summed E-state index contributed by atoms with van der Waals surface area (Å²) in [6.07, 6.45) is 0.